The molecule has 1 heterocycles. The molecule has 1 aliphatic rings. The second-order valence-electron chi connectivity index (χ2n) is 5.74. The van der Waals surface area contributed by atoms with Crippen molar-refractivity contribution in [2.24, 2.45) is 11.1 Å². The molecule has 0 amide bonds. The van der Waals surface area contributed by atoms with Crippen molar-refractivity contribution in [3.05, 3.63) is 29.8 Å². The van der Waals surface area contributed by atoms with Gasteiger partial charge in [-0.15, -0.1) is 0 Å². The van der Waals surface area contributed by atoms with E-state index in [9.17, 15) is 4.39 Å². The van der Waals surface area contributed by atoms with E-state index >= 15 is 0 Å². The van der Waals surface area contributed by atoms with Gasteiger partial charge in [-0.1, -0.05) is 20.3 Å². The van der Waals surface area contributed by atoms with Crippen LogP contribution >= 0.6 is 0 Å². The fourth-order valence-corrected chi connectivity index (χ4v) is 2.84. The number of hydrogen-bond acceptors (Lipinski definition) is 2. The van der Waals surface area contributed by atoms with Crippen molar-refractivity contribution in [3.8, 4) is 0 Å². The third kappa shape index (κ3) is 2.24. The fourth-order valence-electron chi connectivity index (χ4n) is 2.84. The number of aromatic nitrogens is 1. The highest BCUT2D eigenvalue weighted by Gasteiger charge is 2.38. The lowest BCUT2D eigenvalue weighted by molar-refractivity contribution is 0.150. The number of hydrogen-bond donors (Lipinski definition) is 1. The van der Waals surface area contributed by atoms with E-state index in [4.69, 9.17) is 5.73 Å². The lowest BCUT2D eigenvalue weighted by Crippen LogP contribution is -2.44. The van der Waals surface area contributed by atoms with Crippen LogP contribution in [0.2, 0.25) is 0 Å². The number of nitrogens with two attached hydrogens (primary N) is 1. The molecular formula is C13H19FN2. The van der Waals surface area contributed by atoms with Gasteiger partial charge in [0.05, 0.1) is 6.20 Å². The predicted octanol–water partition coefficient (Wildman–Crippen LogP) is 2.97. The Bertz CT molecular complexity index is 389. The molecule has 0 aromatic carbocycles. The number of pyridine rings is 1. The van der Waals surface area contributed by atoms with Gasteiger partial charge in [0.25, 0.3) is 0 Å². The first-order chi connectivity index (χ1) is 7.41. The quantitative estimate of drug-likeness (QED) is 0.793. The van der Waals surface area contributed by atoms with Crippen LogP contribution in [-0.4, -0.2) is 4.98 Å². The van der Waals surface area contributed by atoms with Crippen LogP contribution < -0.4 is 5.73 Å². The van der Waals surface area contributed by atoms with Crippen LogP contribution in [0, 0.1) is 11.2 Å². The molecule has 0 spiro atoms. The summed E-state index contributed by atoms with van der Waals surface area (Å²) in [4.78, 5) is 3.90. The maximum absolute atomic E-state index is 13.2. The molecule has 2 N–H and O–H groups in total. The molecule has 1 saturated carbocycles. The Balaban J connectivity index is 2.31. The Morgan fingerprint density at radius 2 is 2.06 bits per heavy atom. The van der Waals surface area contributed by atoms with Crippen molar-refractivity contribution in [2.45, 2.75) is 45.1 Å². The van der Waals surface area contributed by atoms with E-state index in [1.165, 1.54) is 18.7 Å². The van der Waals surface area contributed by atoms with Crippen LogP contribution in [0.15, 0.2) is 18.5 Å². The third-order valence-electron chi connectivity index (χ3n) is 3.55. The van der Waals surface area contributed by atoms with Crippen LogP contribution in [0.1, 0.15) is 45.1 Å². The van der Waals surface area contributed by atoms with Crippen LogP contribution in [0.4, 0.5) is 4.39 Å². The minimum Gasteiger partial charge on any atom is -0.321 e. The Labute approximate surface area is 96.1 Å². The predicted molar refractivity (Wildman–Crippen MR) is 62.3 cm³/mol. The Morgan fingerprint density at radius 1 is 1.31 bits per heavy atom. The molecule has 0 aliphatic heterocycles. The smallest absolute Gasteiger partial charge is 0.141 e. The Hall–Kier alpha value is -0.960. The first-order valence-electron chi connectivity index (χ1n) is 5.81. The van der Waals surface area contributed by atoms with Crippen LogP contribution in [-0.2, 0) is 5.54 Å². The van der Waals surface area contributed by atoms with Crippen LogP contribution in [0.5, 0.6) is 0 Å². The van der Waals surface area contributed by atoms with Gasteiger partial charge in [-0.2, -0.15) is 0 Å². The van der Waals surface area contributed by atoms with Gasteiger partial charge in [-0.05, 0) is 36.3 Å². The molecule has 1 aromatic heterocycles. The van der Waals surface area contributed by atoms with Gasteiger partial charge in [-0.25, -0.2) is 4.39 Å². The molecule has 2 rings (SSSR count). The molecule has 1 aliphatic carbocycles. The molecule has 1 aromatic rings. The van der Waals surface area contributed by atoms with E-state index in [0.717, 1.165) is 24.8 Å². The zero-order valence-electron chi connectivity index (χ0n) is 9.96. The monoisotopic (exact) mass is 222 g/mol. The lowest BCUT2D eigenvalue weighted by Gasteiger charge is -2.42. The first kappa shape index (κ1) is 11.5. The maximum atomic E-state index is 13.2. The van der Waals surface area contributed by atoms with Crippen molar-refractivity contribution in [2.75, 3.05) is 0 Å². The number of nitrogens with zero attached hydrogens (tertiary/aromatic N) is 1. The van der Waals surface area contributed by atoms with E-state index in [2.05, 4.69) is 18.8 Å². The van der Waals surface area contributed by atoms with Crippen LogP contribution in [0.25, 0.3) is 0 Å². The van der Waals surface area contributed by atoms with Crippen molar-refractivity contribution in [1.82, 2.24) is 4.98 Å². The summed E-state index contributed by atoms with van der Waals surface area (Å²) < 4.78 is 13.2. The topological polar surface area (TPSA) is 38.9 Å². The average Bonchev–Trinajstić information content (AvgIpc) is 2.15. The van der Waals surface area contributed by atoms with Gasteiger partial charge in [0.1, 0.15) is 5.82 Å². The minimum atomic E-state index is -0.406. The van der Waals surface area contributed by atoms with Crippen molar-refractivity contribution in [1.29, 1.82) is 0 Å². The summed E-state index contributed by atoms with van der Waals surface area (Å²) in [7, 11) is 0. The second-order valence-corrected chi connectivity index (χ2v) is 5.74. The summed E-state index contributed by atoms with van der Waals surface area (Å²) in [6.45, 7) is 4.45. The molecule has 16 heavy (non-hydrogen) atoms. The third-order valence-corrected chi connectivity index (χ3v) is 3.55. The zero-order chi connectivity index (χ0) is 11.8. The first-order valence-corrected chi connectivity index (χ1v) is 5.81. The minimum absolute atomic E-state index is 0.235. The Morgan fingerprint density at radius 3 is 2.69 bits per heavy atom. The second kappa shape index (κ2) is 3.81. The molecule has 1 fully saturated rings. The zero-order valence-corrected chi connectivity index (χ0v) is 9.96. The average molecular weight is 222 g/mol. The van der Waals surface area contributed by atoms with Gasteiger partial charge in [0, 0.05) is 11.7 Å². The van der Waals surface area contributed by atoms with E-state index in [-0.39, 0.29) is 11.2 Å². The lowest BCUT2D eigenvalue weighted by atomic mass is 9.66. The van der Waals surface area contributed by atoms with Gasteiger partial charge in [-0.3, -0.25) is 4.98 Å². The van der Waals surface area contributed by atoms with E-state index in [0.29, 0.717) is 0 Å². The molecule has 88 valence electrons. The van der Waals surface area contributed by atoms with Crippen LogP contribution in [0.3, 0.4) is 0 Å². The molecular weight excluding hydrogens is 203 g/mol. The van der Waals surface area contributed by atoms with Crippen molar-refractivity contribution in [3.63, 3.8) is 0 Å². The summed E-state index contributed by atoms with van der Waals surface area (Å²) in [6, 6.07) is 1.52. The highest BCUT2D eigenvalue weighted by molar-refractivity contribution is 5.22. The maximum Gasteiger partial charge on any atom is 0.141 e. The molecule has 1 unspecified atom stereocenters. The van der Waals surface area contributed by atoms with E-state index in [1.54, 1.807) is 6.20 Å². The SMILES string of the molecule is CC1(C)CCCC(N)(c2cncc(F)c2)C1. The molecule has 2 nitrogen and oxygen atoms in total. The van der Waals surface area contributed by atoms with E-state index in [1.807, 2.05) is 0 Å². The van der Waals surface area contributed by atoms with Crippen molar-refractivity contribution >= 4 is 0 Å². The summed E-state index contributed by atoms with van der Waals surface area (Å²) in [5.41, 5.74) is 7.08. The molecule has 0 saturated heterocycles. The standard InChI is InChI=1S/C13H19FN2/c1-12(2)4-3-5-13(15,9-12)10-6-11(14)8-16-7-10/h6-8H,3-5,9,15H2,1-2H3. The summed E-state index contributed by atoms with van der Waals surface area (Å²) >= 11 is 0. The summed E-state index contributed by atoms with van der Waals surface area (Å²) in [6.07, 6.45) is 7.02. The highest BCUT2D eigenvalue weighted by Crippen LogP contribution is 2.44. The number of halogens is 1. The van der Waals surface area contributed by atoms with Gasteiger partial charge >= 0.3 is 0 Å². The highest BCUT2D eigenvalue weighted by atomic mass is 19.1. The summed E-state index contributed by atoms with van der Waals surface area (Å²) in [5, 5.41) is 0. The Kier molecular flexibility index (Phi) is 2.74. The normalized spacial score (nSPS) is 29.0. The summed E-state index contributed by atoms with van der Waals surface area (Å²) in [5.74, 6) is -0.300. The fraction of sp³-hybridized carbons (Fsp3) is 0.615. The van der Waals surface area contributed by atoms with Crippen molar-refractivity contribution < 1.29 is 4.39 Å². The van der Waals surface area contributed by atoms with E-state index < -0.39 is 5.54 Å². The molecule has 3 heteroatoms. The van der Waals surface area contributed by atoms with Gasteiger partial charge < -0.3 is 5.73 Å². The largest absolute Gasteiger partial charge is 0.321 e. The molecule has 0 bridgehead atoms. The number of rotatable bonds is 1. The molecule has 0 radical (unpaired) electrons. The van der Waals surface area contributed by atoms with Gasteiger partial charge in [0.15, 0.2) is 0 Å². The molecule has 1 atom stereocenters. The van der Waals surface area contributed by atoms with Gasteiger partial charge in [0.2, 0.25) is 0 Å².